The third-order valence-corrected chi connectivity index (χ3v) is 5.31. The van der Waals surface area contributed by atoms with Crippen molar-refractivity contribution < 1.29 is 17.6 Å². The van der Waals surface area contributed by atoms with E-state index in [1.54, 1.807) is 24.3 Å². The minimum Gasteiger partial charge on any atom is -0.354 e. The summed E-state index contributed by atoms with van der Waals surface area (Å²) >= 11 is 0. The molecule has 0 atom stereocenters. The lowest BCUT2D eigenvalue weighted by molar-refractivity contribution is 0.0959. The van der Waals surface area contributed by atoms with Crippen molar-refractivity contribution in [2.24, 2.45) is 0 Å². The molecule has 0 bridgehead atoms. The normalized spacial score (nSPS) is 11.5. The number of carbonyl (C=O) groups excluding carboxylic acids is 1. The molecular weight excluding hydrogens is 345 g/mol. The van der Waals surface area contributed by atoms with Crippen molar-refractivity contribution in [3.8, 4) is 0 Å². The standard InChI is InChI=1S/C17H16FN3O3S/c1-10-7-12(18)3-6-16(10)25(23,24)21-13-4-5-14-11(8-13)9-15(20-14)17(22)19-2/h3-9,20-21H,1-2H3,(H,19,22). The molecule has 1 heterocycles. The van der Waals surface area contributed by atoms with Crippen molar-refractivity contribution in [2.45, 2.75) is 11.8 Å². The predicted octanol–water partition coefficient (Wildman–Crippen LogP) is 2.78. The smallest absolute Gasteiger partial charge is 0.267 e. The number of amides is 1. The molecule has 0 aliphatic rings. The summed E-state index contributed by atoms with van der Waals surface area (Å²) < 4.78 is 40.7. The highest BCUT2D eigenvalue weighted by atomic mass is 32.2. The highest BCUT2D eigenvalue weighted by molar-refractivity contribution is 7.92. The Hall–Kier alpha value is -2.87. The van der Waals surface area contributed by atoms with Crippen LogP contribution in [0.25, 0.3) is 10.9 Å². The third-order valence-electron chi connectivity index (χ3n) is 3.77. The van der Waals surface area contributed by atoms with Crippen LogP contribution < -0.4 is 10.0 Å². The number of aromatic nitrogens is 1. The molecule has 130 valence electrons. The zero-order valence-electron chi connectivity index (χ0n) is 13.6. The van der Waals surface area contributed by atoms with Crippen LogP contribution in [0.3, 0.4) is 0 Å². The maximum Gasteiger partial charge on any atom is 0.267 e. The van der Waals surface area contributed by atoms with Gasteiger partial charge in [0.1, 0.15) is 11.5 Å². The van der Waals surface area contributed by atoms with E-state index >= 15 is 0 Å². The van der Waals surface area contributed by atoms with E-state index in [2.05, 4.69) is 15.0 Å². The average Bonchev–Trinajstić information content (AvgIpc) is 2.96. The number of H-pyrrole nitrogens is 1. The Morgan fingerprint density at radius 2 is 1.88 bits per heavy atom. The number of halogens is 1. The molecule has 0 unspecified atom stereocenters. The van der Waals surface area contributed by atoms with Gasteiger partial charge in [0.05, 0.1) is 4.90 Å². The highest BCUT2D eigenvalue weighted by Gasteiger charge is 2.18. The van der Waals surface area contributed by atoms with E-state index in [-0.39, 0.29) is 10.8 Å². The van der Waals surface area contributed by atoms with Gasteiger partial charge in [-0.2, -0.15) is 0 Å². The number of sulfonamides is 1. The summed E-state index contributed by atoms with van der Waals surface area (Å²) in [5, 5.41) is 3.20. The summed E-state index contributed by atoms with van der Waals surface area (Å²) in [6.07, 6.45) is 0. The SMILES string of the molecule is CNC(=O)c1cc2cc(NS(=O)(=O)c3ccc(F)cc3C)ccc2[nH]1. The molecule has 0 radical (unpaired) electrons. The first-order chi connectivity index (χ1) is 11.8. The van der Waals surface area contributed by atoms with E-state index in [1.165, 1.54) is 26.1 Å². The third kappa shape index (κ3) is 3.34. The molecule has 6 nitrogen and oxygen atoms in total. The Morgan fingerprint density at radius 3 is 2.56 bits per heavy atom. The molecule has 25 heavy (non-hydrogen) atoms. The van der Waals surface area contributed by atoms with Crippen LogP contribution in [0, 0.1) is 12.7 Å². The first-order valence-electron chi connectivity index (χ1n) is 7.44. The monoisotopic (exact) mass is 361 g/mol. The Balaban J connectivity index is 1.95. The van der Waals surface area contributed by atoms with Gasteiger partial charge in [0.2, 0.25) is 0 Å². The number of aryl methyl sites for hydroxylation is 1. The number of anilines is 1. The van der Waals surface area contributed by atoms with Gasteiger partial charge in [0.25, 0.3) is 15.9 Å². The molecule has 8 heteroatoms. The molecular formula is C17H16FN3O3S. The summed E-state index contributed by atoms with van der Waals surface area (Å²) in [7, 11) is -2.32. The Morgan fingerprint density at radius 1 is 1.12 bits per heavy atom. The topological polar surface area (TPSA) is 91.1 Å². The van der Waals surface area contributed by atoms with E-state index < -0.39 is 15.8 Å². The fraction of sp³-hybridized carbons (Fsp3) is 0.118. The van der Waals surface area contributed by atoms with Gasteiger partial charge in [-0.1, -0.05) is 0 Å². The van der Waals surface area contributed by atoms with Crippen LogP contribution in [0.5, 0.6) is 0 Å². The van der Waals surface area contributed by atoms with Gasteiger partial charge in [-0.3, -0.25) is 9.52 Å². The Bertz CT molecular complexity index is 1070. The first-order valence-corrected chi connectivity index (χ1v) is 8.92. The van der Waals surface area contributed by atoms with Crippen molar-refractivity contribution >= 4 is 32.5 Å². The summed E-state index contributed by atoms with van der Waals surface area (Å²) in [5.41, 5.74) is 1.75. The summed E-state index contributed by atoms with van der Waals surface area (Å²) in [5.74, 6) is -0.757. The second kappa shape index (κ2) is 6.21. The minimum absolute atomic E-state index is 0.00844. The lowest BCUT2D eigenvalue weighted by Gasteiger charge is -2.10. The molecule has 1 amide bonds. The van der Waals surface area contributed by atoms with Gasteiger partial charge < -0.3 is 10.3 Å². The van der Waals surface area contributed by atoms with Crippen molar-refractivity contribution in [1.29, 1.82) is 0 Å². The summed E-state index contributed by atoms with van der Waals surface area (Å²) in [6, 6.07) is 10.0. The van der Waals surface area contributed by atoms with Crippen molar-refractivity contribution in [1.82, 2.24) is 10.3 Å². The molecule has 0 spiro atoms. The lowest BCUT2D eigenvalue weighted by atomic mass is 10.2. The largest absolute Gasteiger partial charge is 0.354 e. The van der Waals surface area contributed by atoms with Crippen molar-refractivity contribution in [3.63, 3.8) is 0 Å². The molecule has 0 fully saturated rings. The van der Waals surface area contributed by atoms with Crippen LogP contribution in [-0.4, -0.2) is 26.4 Å². The molecule has 0 saturated carbocycles. The van der Waals surface area contributed by atoms with Crippen LogP contribution >= 0.6 is 0 Å². The molecule has 3 N–H and O–H groups in total. The first kappa shape index (κ1) is 17.0. The molecule has 0 aliphatic carbocycles. The molecule has 3 aromatic rings. The second-order valence-electron chi connectivity index (χ2n) is 5.58. The number of fused-ring (bicyclic) bond motifs is 1. The van der Waals surface area contributed by atoms with E-state index in [1.807, 2.05) is 0 Å². The summed E-state index contributed by atoms with van der Waals surface area (Å²) in [6.45, 7) is 1.53. The van der Waals surface area contributed by atoms with Gasteiger partial charge in [0, 0.05) is 23.6 Å². The van der Waals surface area contributed by atoms with Gasteiger partial charge in [-0.15, -0.1) is 0 Å². The maximum absolute atomic E-state index is 13.2. The van der Waals surface area contributed by atoms with E-state index in [4.69, 9.17) is 0 Å². The second-order valence-corrected chi connectivity index (χ2v) is 7.23. The Kier molecular flexibility index (Phi) is 4.22. The van der Waals surface area contributed by atoms with Gasteiger partial charge in [0.15, 0.2) is 0 Å². The molecule has 2 aromatic carbocycles. The fourth-order valence-corrected chi connectivity index (χ4v) is 3.85. The van der Waals surface area contributed by atoms with Crippen LogP contribution in [-0.2, 0) is 10.0 Å². The number of hydrogen-bond acceptors (Lipinski definition) is 3. The zero-order chi connectivity index (χ0) is 18.2. The van der Waals surface area contributed by atoms with Crippen LogP contribution in [0.4, 0.5) is 10.1 Å². The van der Waals surface area contributed by atoms with E-state index in [0.29, 0.717) is 27.8 Å². The molecule has 1 aromatic heterocycles. The Labute approximate surface area is 144 Å². The van der Waals surface area contributed by atoms with Gasteiger partial charge >= 0.3 is 0 Å². The minimum atomic E-state index is -3.85. The van der Waals surface area contributed by atoms with Crippen LogP contribution in [0.15, 0.2) is 47.4 Å². The highest BCUT2D eigenvalue weighted by Crippen LogP contribution is 2.24. The molecule has 0 saturated heterocycles. The van der Waals surface area contributed by atoms with E-state index in [9.17, 15) is 17.6 Å². The number of aromatic amines is 1. The van der Waals surface area contributed by atoms with Crippen molar-refractivity contribution in [3.05, 3.63) is 59.5 Å². The maximum atomic E-state index is 13.2. The predicted molar refractivity (Wildman–Crippen MR) is 93.6 cm³/mol. The number of nitrogens with one attached hydrogen (secondary N) is 3. The number of rotatable bonds is 4. The fourth-order valence-electron chi connectivity index (χ4n) is 2.58. The lowest BCUT2D eigenvalue weighted by Crippen LogP contribution is -2.17. The number of hydrogen-bond donors (Lipinski definition) is 3. The number of benzene rings is 2. The van der Waals surface area contributed by atoms with Crippen LogP contribution in [0.1, 0.15) is 16.1 Å². The zero-order valence-corrected chi connectivity index (χ0v) is 14.4. The average molecular weight is 361 g/mol. The molecule has 0 aliphatic heterocycles. The van der Waals surface area contributed by atoms with Gasteiger partial charge in [-0.05, 0) is 55.0 Å². The van der Waals surface area contributed by atoms with Crippen molar-refractivity contribution in [2.75, 3.05) is 11.8 Å². The molecule has 3 rings (SSSR count). The quantitative estimate of drug-likeness (QED) is 0.667. The summed E-state index contributed by atoms with van der Waals surface area (Å²) in [4.78, 5) is 14.6. The van der Waals surface area contributed by atoms with E-state index in [0.717, 1.165) is 6.07 Å². The van der Waals surface area contributed by atoms with Crippen LogP contribution in [0.2, 0.25) is 0 Å². The van der Waals surface area contributed by atoms with Gasteiger partial charge in [-0.25, -0.2) is 12.8 Å². The number of carbonyl (C=O) groups is 1.